The van der Waals surface area contributed by atoms with Crippen molar-refractivity contribution in [3.05, 3.63) is 40.1 Å². The topological polar surface area (TPSA) is 38.7 Å². The number of benzene rings is 1. The second-order valence-corrected chi connectivity index (χ2v) is 6.49. The molecule has 2 rings (SSSR count). The molecule has 6 heteroatoms. The van der Waals surface area contributed by atoms with Gasteiger partial charge >= 0.3 is 7.12 Å². The van der Waals surface area contributed by atoms with Crippen molar-refractivity contribution < 1.29 is 18.8 Å². The lowest BCUT2D eigenvalue weighted by molar-refractivity contribution is 0.00578. The summed E-state index contributed by atoms with van der Waals surface area (Å²) in [6.07, 6.45) is 1.60. The molecule has 0 atom stereocenters. The Morgan fingerprint density at radius 2 is 1.86 bits per heavy atom. The minimum atomic E-state index is -0.681. The van der Waals surface area contributed by atoms with E-state index in [2.05, 4.69) is 0 Å². The number of aliphatic hydroxyl groups excluding tert-OH is 1. The fourth-order valence-corrected chi connectivity index (χ4v) is 2.19. The monoisotopic (exact) mass is 312 g/mol. The van der Waals surface area contributed by atoms with Crippen molar-refractivity contribution in [1.82, 2.24) is 0 Å². The van der Waals surface area contributed by atoms with E-state index in [4.69, 9.17) is 20.9 Å². The third-order valence-electron chi connectivity index (χ3n) is 4.06. The molecular weight excluding hydrogens is 293 g/mol. The molecule has 1 saturated heterocycles. The number of aliphatic hydroxyl groups is 1. The molecule has 3 nitrogen and oxygen atoms in total. The molecule has 1 aliphatic heterocycles. The Bertz CT molecular complexity index is 556. The van der Waals surface area contributed by atoms with Crippen LogP contribution in [0.25, 0.3) is 6.08 Å². The molecule has 0 amide bonds. The van der Waals surface area contributed by atoms with E-state index < -0.39 is 24.1 Å². The van der Waals surface area contributed by atoms with Crippen molar-refractivity contribution in [2.75, 3.05) is 6.61 Å². The number of hydrogen-bond acceptors (Lipinski definition) is 3. The van der Waals surface area contributed by atoms with Gasteiger partial charge in [0, 0.05) is 0 Å². The standard InChI is InChI=1S/C15H19BClFO3/c1-14(2)15(3,4)21-16(20-14)11(9-19)8-10-6-5-7-12(18)13(10)17/h5-8,19H,9H2,1-4H3. The smallest absolute Gasteiger partial charge is 0.400 e. The highest BCUT2D eigenvalue weighted by molar-refractivity contribution is 6.56. The maximum absolute atomic E-state index is 13.5. The Labute approximate surface area is 129 Å². The van der Waals surface area contributed by atoms with Crippen molar-refractivity contribution in [2.45, 2.75) is 38.9 Å². The van der Waals surface area contributed by atoms with E-state index in [0.29, 0.717) is 11.0 Å². The molecule has 0 saturated carbocycles. The van der Waals surface area contributed by atoms with Gasteiger partial charge in [-0.05, 0) is 44.8 Å². The molecule has 0 bridgehead atoms. The first-order chi connectivity index (χ1) is 9.68. The van der Waals surface area contributed by atoms with Crippen LogP contribution in [0, 0.1) is 5.82 Å². The van der Waals surface area contributed by atoms with Gasteiger partial charge in [0.1, 0.15) is 5.82 Å². The molecule has 21 heavy (non-hydrogen) atoms. The van der Waals surface area contributed by atoms with Gasteiger partial charge in [0.25, 0.3) is 0 Å². The van der Waals surface area contributed by atoms with Crippen LogP contribution in [0.15, 0.2) is 23.7 Å². The quantitative estimate of drug-likeness (QED) is 0.868. The number of rotatable bonds is 3. The summed E-state index contributed by atoms with van der Waals surface area (Å²) >= 11 is 5.93. The molecule has 0 unspecified atom stereocenters. The van der Waals surface area contributed by atoms with E-state index in [9.17, 15) is 9.50 Å². The third kappa shape index (κ3) is 3.16. The summed E-state index contributed by atoms with van der Waals surface area (Å²) in [5, 5.41) is 9.60. The molecule has 1 heterocycles. The molecule has 1 aromatic carbocycles. The largest absolute Gasteiger partial charge is 0.492 e. The summed E-state index contributed by atoms with van der Waals surface area (Å²) in [5.74, 6) is -0.503. The summed E-state index contributed by atoms with van der Waals surface area (Å²) in [5.41, 5.74) is -0.0217. The minimum absolute atomic E-state index is 0.0139. The van der Waals surface area contributed by atoms with Gasteiger partial charge in [-0.25, -0.2) is 4.39 Å². The molecular formula is C15H19BClFO3. The Morgan fingerprint density at radius 1 is 1.29 bits per heavy atom. The normalized spacial score (nSPS) is 20.9. The summed E-state index contributed by atoms with van der Waals surface area (Å²) in [7, 11) is -0.681. The first kappa shape index (κ1) is 16.5. The van der Waals surface area contributed by atoms with Crippen LogP contribution in [-0.4, -0.2) is 30.0 Å². The summed E-state index contributed by atoms with van der Waals surface area (Å²) in [4.78, 5) is 0. The second kappa shape index (κ2) is 5.73. The van der Waals surface area contributed by atoms with Crippen LogP contribution in [0.3, 0.4) is 0 Å². The average Bonchev–Trinajstić information content (AvgIpc) is 2.60. The summed E-state index contributed by atoms with van der Waals surface area (Å²) in [6.45, 7) is 7.45. The first-order valence-electron chi connectivity index (χ1n) is 6.79. The van der Waals surface area contributed by atoms with Crippen LogP contribution in [0.4, 0.5) is 4.39 Å². The summed E-state index contributed by atoms with van der Waals surface area (Å²) in [6, 6.07) is 4.52. The Hall–Kier alpha value is -0.875. The van der Waals surface area contributed by atoms with Gasteiger partial charge in [0.2, 0.25) is 0 Å². The number of halogens is 2. The van der Waals surface area contributed by atoms with Crippen molar-refractivity contribution in [1.29, 1.82) is 0 Å². The van der Waals surface area contributed by atoms with Crippen molar-refractivity contribution in [3.63, 3.8) is 0 Å². The zero-order valence-electron chi connectivity index (χ0n) is 12.6. The van der Waals surface area contributed by atoms with E-state index in [1.54, 1.807) is 18.2 Å². The highest BCUT2D eigenvalue weighted by Crippen LogP contribution is 2.39. The van der Waals surface area contributed by atoms with E-state index >= 15 is 0 Å². The highest BCUT2D eigenvalue weighted by atomic mass is 35.5. The zero-order chi connectivity index (χ0) is 15.8. The van der Waals surface area contributed by atoms with Gasteiger partial charge in [-0.2, -0.15) is 0 Å². The van der Waals surface area contributed by atoms with Gasteiger partial charge in [0.05, 0.1) is 22.8 Å². The van der Waals surface area contributed by atoms with Gasteiger partial charge in [-0.15, -0.1) is 0 Å². The lowest BCUT2D eigenvalue weighted by atomic mass is 9.77. The second-order valence-electron chi connectivity index (χ2n) is 6.11. The average molecular weight is 313 g/mol. The maximum atomic E-state index is 13.5. The van der Waals surface area contributed by atoms with Gasteiger partial charge in [-0.1, -0.05) is 29.8 Å². The lowest BCUT2D eigenvalue weighted by Crippen LogP contribution is -2.41. The van der Waals surface area contributed by atoms with E-state index in [1.807, 2.05) is 27.7 Å². The predicted octanol–water partition coefficient (Wildman–Crippen LogP) is 3.49. The van der Waals surface area contributed by atoms with Crippen molar-refractivity contribution >= 4 is 24.8 Å². The molecule has 1 fully saturated rings. The Morgan fingerprint density at radius 3 is 2.38 bits per heavy atom. The Kier molecular flexibility index (Phi) is 4.50. The van der Waals surface area contributed by atoms with Crippen LogP contribution in [0.1, 0.15) is 33.3 Å². The SMILES string of the molecule is CC1(C)OB(C(=Cc2cccc(F)c2Cl)CO)OC1(C)C. The fourth-order valence-electron chi connectivity index (χ4n) is 2.01. The van der Waals surface area contributed by atoms with Gasteiger partial charge in [0.15, 0.2) is 0 Å². The van der Waals surface area contributed by atoms with E-state index in [0.717, 1.165) is 0 Å². The van der Waals surface area contributed by atoms with Crippen LogP contribution >= 0.6 is 11.6 Å². The molecule has 1 N–H and O–H groups in total. The van der Waals surface area contributed by atoms with Crippen molar-refractivity contribution in [2.24, 2.45) is 0 Å². The molecule has 0 aliphatic carbocycles. The first-order valence-corrected chi connectivity index (χ1v) is 7.17. The van der Waals surface area contributed by atoms with E-state index in [1.165, 1.54) is 6.07 Å². The molecule has 1 aromatic rings. The van der Waals surface area contributed by atoms with Crippen molar-refractivity contribution in [3.8, 4) is 0 Å². The third-order valence-corrected chi connectivity index (χ3v) is 4.46. The Balaban J connectivity index is 2.33. The lowest BCUT2D eigenvalue weighted by Gasteiger charge is -2.32. The predicted molar refractivity (Wildman–Crippen MR) is 82.6 cm³/mol. The zero-order valence-corrected chi connectivity index (χ0v) is 13.4. The number of hydrogen-bond donors (Lipinski definition) is 1. The van der Waals surface area contributed by atoms with Crippen LogP contribution in [0.5, 0.6) is 0 Å². The highest BCUT2D eigenvalue weighted by Gasteiger charge is 2.52. The molecule has 0 aromatic heterocycles. The van der Waals surface area contributed by atoms with Crippen LogP contribution in [-0.2, 0) is 9.31 Å². The molecule has 0 radical (unpaired) electrons. The van der Waals surface area contributed by atoms with Gasteiger partial charge < -0.3 is 14.4 Å². The summed E-state index contributed by atoms with van der Waals surface area (Å²) < 4.78 is 25.2. The maximum Gasteiger partial charge on any atom is 0.492 e. The van der Waals surface area contributed by atoms with Crippen LogP contribution < -0.4 is 0 Å². The molecule has 0 spiro atoms. The fraction of sp³-hybridized carbons (Fsp3) is 0.467. The minimum Gasteiger partial charge on any atom is -0.400 e. The van der Waals surface area contributed by atoms with Crippen LogP contribution in [0.2, 0.25) is 5.02 Å². The molecule has 114 valence electrons. The molecule has 1 aliphatic rings. The van der Waals surface area contributed by atoms with Gasteiger partial charge in [-0.3, -0.25) is 0 Å². The van der Waals surface area contributed by atoms with E-state index in [-0.39, 0.29) is 11.6 Å².